The van der Waals surface area contributed by atoms with E-state index in [1.807, 2.05) is 18.4 Å². The minimum absolute atomic E-state index is 0.104. The van der Waals surface area contributed by atoms with Gasteiger partial charge in [0.15, 0.2) is 0 Å². The second kappa shape index (κ2) is 6.41. The molecular weight excluding hydrogens is 371 g/mol. The smallest absolute Gasteiger partial charge is 0.378 e. The minimum Gasteiger partial charge on any atom is -0.378 e. The van der Waals surface area contributed by atoms with E-state index in [4.69, 9.17) is 0 Å². The molecule has 1 aromatic carbocycles. The molecule has 1 heterocycles. The summed E-state index contributed by atoms with van der Waals surface area (Å²) in [5.41, 5.74) is -3.44. The van der Waals surface area contributed by atoms with E-state index in [1.54, 1.807) is 23.5 Å². The third kappa shape index (κ3) is 4.71. The fourth-order valence-electron chi connectivity index (χ4n) is 1.63. The highest BCUT2D eigenvalue weighted by atomic mass is 79.9. The molecule has 2 aromatic rings. The highest BCUT2D eigenvalue weighted by molar-refractivity contribution is 9.10. The number of alkyl halides is 3. The molecule has 1 nitrogen and oxygen atoms in total. The Morgan fingerprint density at radius 3 is 2.40 bits per heavy atom. The molecule has 108 valence electrons. The van der Waals surface area contributed by atoms with Gasteiger partial charge in [-0.3, -0.25) is 0 Å². The molecule has 0 radical (unpaired) electrons. The molecule has 2 rings (SSSR count). The fraction of sp³-hybridized carbons (Fsp3) is 0.231. The van der Waals surface area contributed by atoms with Crippen LogP contribution in [0.5, 0.6) is 0 Å². The molecule has 7 heteroatoms. The quantitative estimate of drug-likeness (QED) is 0.623. The number of hydrogen-bond donors (Lipinski definition) is 1. The van der Waals surface area contributed by atoms with Gasteiger partial charge in [0.05, 0.1) is 6.04 Å². The molecule has 1 atom stereocenters. The summed E-state index contributed by atoms with van der Waals surface area (Å²) in [4.78, 5) is 1.35. The Balaban J connectivity index is 2.00. The van der Waals surface area contributed by atoms with Crippen molar-refractivity contribution in [2.75, 3.05) is 5.32 Å². The maximum absolute atomic E-state index is 12.2. The van der Waals surface area contributed by atoms with Crippen molar-refractivity contribution in [2.24, 2.45) is 0 Å². The molecule has 0 bridgehead atoms. The maximum Gasteiger partial charge on any atom is 0.446 e. The van der Waals surface area contributed by atoms with Gasteiger partial charge in [-0.25, -0.2) is 0 Å². The largest absolute Gasteiger partial charge is 0.446 e. The number of benzene rings is 1. The number of anilines is 1. The molecule has 0 amide bonds. The molecular formula is C13H11BrF3NS2. The van der Waals surface area contributed by atoms with Gasteiger partial charge >= 0.3 is 5.51 Å². The highest BCUT2D eigenvalue weighted by Gasteiger charge is 2.29. The van der Waals surface area contributed by atoms with Crippen LogP contribution in [0.25, 0.3) is 0 Å². The fourth-order valence-corrected chi connectivity index (χ4v) is 3.62. The second-order valence-electron chi connectivity index (χ2n) is 4.11. The molecule has 0 aliphatic heterocycles. The zero-order chi connectivity index (χ0) is 14.8. The molecule has 0 aliphatic carbocycles. The third-order valence-corrected chi connectivity index (χ3v) is 5.10. The van der Waals surface area contributed by atoms with Crippen LogP contribution in [-0.4, -0.2) is 5.51 Å². The summed E-state index contributed by atoms with van der Waals surface area (Å²) >= 11 is 4.92. The molecule has 1 aromatic heterocycles. The number of nitrogens with one attached hydrogen (secondary N) is 1. The molecule has 0 saturated heterocycles. The molecule has 0 aliphatic rings. The van der Waals surface area contributed by atoms with Gasteiger partial charge in [0.2, 0.25) is 0 Å². The Hall–Kier alpha value is -0.660. The lowest BCUT2D eigenvalue weighted by molar-refractivity contribution is -0.0328. The van der Waals surface area contributed by atoms with E-state index in [0.717, 1.165) is 15.0 Å². The van der Waals surface area contributed by atoms with E-state index in [1.165, 1.54) is 12.1 Å². The van der Waals surface area contributed by atoms with Crippen LogP contribution >= 0.6 is 39.0 Å². The molecule has 1 unspecified atom stereocenters. The van der Waals surface area contributed by atoms with E-state index in [-0.39, 0.29) is 22.7 Å². The van der Waals surface area contributed by atoms with Crippen molar-refractivity contribution in [2.45, 2.75) is 23.4 Å². The standard InChI is InChI=1S/C13H11BrF3NS2/c1-8(12-6-9(14)7-19-12)18-10-2-4-11(5-3-10)20-13(15,16)17/h2-8,18H,1H3. The lowest BCUT2D eigenvalue weighted by Gasteiger charge is -2.14. The van der Waals surface area contributed by atoms with Crippen molar-refractivity contribution in [3.63, 3.8) is 0 Å². The average Bonchev–Trinajstić information content (AvgIpc) is 2.77. The Labute approximate surface area is 131 Å². The summed E-state index contributed by atoms with van der Waals surface area (Å²) in [6, 6.07) is 8.39. The summed E-state index contributed by atoms with van der Waals surface area (Å²) in [6.45, 7) is 2.01. The summed E-state index contributed by atoms with van der Waals surface area (Å²) in [6.07, 6.45) is 0. The highest BCUT2D eigenvalue weighted by Crippen LogP contribution is 2.37. The number of thioether (sulfide) groups is 1. The van der Waals surface area contributed by atoms with E-state index in [9.17, 15) is 13.2 Å². The molecule has 0 spiro atoms. The Morgan fingerprint density at radius 2 is 1.90 bits per heavy atom. The predicted octanol–water partition coefficient (Wildman–Crippen LogP) is 6.30. The third-order valence-electron chi connectivity index (χ3n) is 2.49. The van der Waals surface area contributed by atoms with E-state index < -0.39 is 5.51 Å². The van der Waals surface area contributed by atoms with Gasteiger partial charge in [-0.05, 0) is 64.9 Å². The molecule has 1 N–H and O–H groups in total. The van der Waals surface area contributed by atoms with Gasteiger partial charge < -0.3 is 5.32 Å². The van der Waals surface area contributed by atoms with E-state index in [2.05, 4.69) is 21.2 Å². The summed E-state index contributed by atoms with van der Waals surface area (Å²) in [5, 5.41) is 5.26. The van der Waals surface area contributed by atoms with E-state index >= 15 is 0 Å². The minimum atomic E-state index is -4.24. The van der Waals surface area contributed by atoms with E-state index in [0.29, 0.717) is 0 Å². The monoisotopic (exact) mass is 381 g/mol. The topological polar surface area (TPSA) is 12.0 Å². The number of thiophene rings is 1. The van der Waals surface area contributed by atoms with Crippen LogP contribution in [0.15, 0.2) is 45.1 Å². The average molecular weight is 382 g/mol. The summed E-state index contributed by atoms with van der Waals surface area (Å²) in [5.74, 6) is 0. The van der Waals surface area contributed by atoms with Crippen LogP contribution in [0, 0.1) is 0 Å². The van der Waals surface area contributed by atoms with Gasteiger partial charge in [0, 0.05) is 25.3 Å². The second-order valence-corrected chi connectivity index (χ2v) is 7.10. The maximum atomic E-state index is 12.2. The zero-order valence-corrected chi connectivity index (χ0v) is 13.6. The van der Waals surface area contributed by atoms with Crippen molar-refractivity contribution in [1.82, 2.24) is 0 Å². The molecule has 20 heavy (non-hydrogen) atoms. The molecule has 0 fully saturated rings. The van der Waals surface area contributed by atoms with Gasteiger partial charge in [0.25, 0.3) is 0 Å². The first kappa shape index (κ1) is 15.7. The first-order valence-corrected chi connectivity index (χ1v) is 8.19. The first-order chi connectivity index (χ1) is 9.33. The predicted molar refractivity (Wildman–Crippen MR) is 82.4 cm³/mol. The van der Waals surface area contributed by atoms with Crippen LogP contribution in [0.3, 0.4) is 0 Å². The van der Waals surface area contributed by atoms with Crippen molar-refractivity contribution in [1.29, 1.82) is 0 Å². The summed E-state index contributed by atoms with van der Waals surface area (Å²) < 4.78 is 37.7. The Bertz CT molecular complexity index is 566. The molecule has 0 saturated carbocycles. The van der Waals surface area contributed by atoms with Crippen LogP contribution < -0.4 is 5.32 Å². The number of halogens is 4. The zero-order valence-electron chi connectivity index (χ0n) is 10.4. The normalized spacial score (nSPS) is 13.2. The first-order valence-electron chi connectivity index (χ1n) is 5.70. The number of hydrogen-bond acceptors (Lipinski definition) is 3. The van der Waals surface area contributed by atoms with Gasteiger partial charge in [-0.1, -0.05) is 0 Å². The SMILES string of the molecule is CC(Nc1ccc(SC(F)(F)F)cc1)c1cc(Br)cs1. The Kier molecular flexibility index (Phi) is 5.04. The lowest BCUT2D eigenvalue weighted by atomic mass is 10.2. The number of rotatable bonds is 4. The van der Waals surface area contributed by atoms with Crippen LogP contribution in [0.4, 0.5) is 18.9 Å². The van der Waals surface area contributed by atoms with Crippen molar-refractivity contribution < 1.29 is 13.2 Å². The lowest BCUT2D eigenvalue weighted by Crippen LogP contribution is -2.04. The Morgan fingerprint density at radius 1 is 1.25 bits per heavy atom. The van der Waals surface area contributed by atoms with Crippen LogP contribution in [0.2, 0.25) is 0 Å². The van der Waals surface area contributed by atoms with Crippen LogP contribution in [-0.2, 0) is 0 Å². The van der Waals surface area contributed by atoms with Crippen molar-refractivity contribution in [3.8, 4) is 0 Å². The van der Waals surface area contributed by atoms with Gasteiger partial charge in [0.1, 0.15) is 0 Å². The van der Waals surface area contributed by atoms with Gasteiger partial charge in [-0.2, -0.15) is 13.2 Å². The van der Waals surface area contributed by atoms with Crippen molar-refractivity contribution >= 4 is 44.7 Å². The van der Waals surface area contributed by atoms with Crippen LogP contribution in [0.1, 0.15) is 17.8 Å². The van der Waals surface area contributed by atoms with Crippen molar-refractivity contribution in [3.05, 3.63) is 45.1 Å². The summed E-state index contributed by atoms with van der Waals surface area (Å²) in [7, 11) is 0. The van der Waals surface area contributed by atoms with Gasteiger partial charge in [-0.15, -0.1) is 11.3 Å².